The van der Waals surface area contributed by atoms with Crippen LogP contribution in [0, 0.1) is 12.3 Å². The largest absolute Gasteiger partial charge is 0.416 e. The van der Waals surface area contributed by atoms with Gasteiger partial charge in [-0.05, 0) is 69.1 Å². The lowest BCUT2D eigenvalue weighted by Gasteiger charge is -2.10. The Kier molecular flexibility index (Phi) is 6.51. The van der Waals surface area contributed by atoms with Crippen molar-refractivity contribution in [3.05, 3.63) is 63.3 Å². The van der Waals surface area contributed by atoms with Crippen molar-refractivity contribution in [2.45, 2.75) is 37.8 Å². The average molecular weight is 458 g/mol. The van der Waals surface area contributed by atoms with Crippen molar-refractivity contribution in [2.24, 2.45) is 15.1 Å². The molecule has 2 heterocycles. The van der Waals surface area contributed by atoms with Crippen LogP contribution in [0.1, 0.15) is 36.8 Å². The lowest BCUT2D eigenvalue weighted by atomic mass is 10.1. The van der Waals surface area contributed by atoms with E-state index in [9.17, 15) is 8.42 Å². The van der Waals surface area contributed by atoms with Crippen LogP contribution >= 0.6 is 11.3 Å². The van der Waals surface area contributed by atoms with E-state index in [1.165, 1.54) is 11.3 Å². The third kappa shape index (κ3) is 4.64. The van der Waals surface area contributed by atoms with E-state index in [0.29, 0.717) is 17.2 Å². The Morgan fingerprint density at radius 2 is 1.94 bits per heavy atom. The van der Waals surface area contributed by atoms with Gasteiger partial charge in [0.1, 0.15) is 0 Å². The maximum atomic E-state index is 12.3. The van der Waals surface area contributed by atoms with Gasteiger partial charge in [-0.2, -0.15) is 0 Å². The van der Waals surface area contributed by atoms with Crippen LogP contribution < -0.4 is 5.43 Å². The Morgan fingerprint density at radius 1 is 1.26 bits per heavy atom. The van der Waals surface area contributed by atoms with Crippen molar-refractivity contribution < 1.29 is 13.2 Å². The van der Waals surface area contributed by atoms with Crippen molar-refractivity contribution in [3.8, 4) is 0 Å². The third-order valence-corrected chi connectivity index (χ3v) is 7.79. The van der Waals surface area contributed by atoms with Crippen LogP contribution in [-0.2, 0) is 14.6 Å². The van der Waals surface area contributed by atoms with Gasteiger partial charge < -0.3 is 4.74 Å². The van der Waals surface area contributed by atoms with Crippen LogP contribution in [0.25, 0.3) is 0 Å². The van der Waals surface area contributed by atoms with Crippen LogP contribution in [0.15, 0.2) is 67.3 Å². The summed E-state index contributed by atoms with van der Waals surface area (Å²) in [5.41, 5.74) is 5.19. The number of sulfone groups is 1. The Balaban J connectivity index is 1.92. The highest BCUT2D eigenvalue weighted by Crippen LogP contribution is 2.23. The van der Waals surface area contributed by atoms with Crippen LogP contribution in [0.3, 0.4) is 0 Å². The van der Waals surface area contributed by atoms with Crippen molar-refractivity contribution in [1.82, 2.24) is 5.43 Å². The lowest BCUT2D eigenvalue weighted by molar-refractivity contribution is 0.412. The van der Waals surface area contributed by atoms with E-state index in [1.807, 2.05) is 18.4 Å². The Bertz CT molecular complexity index is 1220. The molecule has 0 bridgehead atoms. The second-order valence-corrected chi connectivity index (χ2v) is 10.5. The number of hydrazone groups is 1. The van der Waals surface area contributed by atoms with Gasteiger partial charge in [0.05, 0.1) is 15.0 Å². The molecule has 0 saturated heterocycles. The highest BCUT2D eigenvalue weighted by molar-refractivity contribution is 7.92. The summed E-state index contributed by atoms with van der Waals surface area (Å²) < 4.78 is 30.5. The van der Waals surface area contributed by atoms with E-state index < -0.39 is 15.1 Å². The molecule has 2 N–H and O–H groups in total. The molecule has 1 aliphatic heterocycles. The van der Waals surface area contributed by atoms with Gasteiger partial charge >= 0.3 is 0 Å². The molecule has 0 aliphatic carbocycles. The molecule has 1 aromatic heterocycles. The van der Waals surface area contributed by atoms with Crippen LogP contribution in [-0.4, -0.2) is 37.8 Å². The highest BCUT2D eigenvalue weighted by Gasteiger charge is 2.24. The minimum Gasteiger partial charge on any atom is -0.416 e. The zero-order valence-corrected chi connectivity index (χ0v) is 19.3. The minimum absolute atomic E-state index is 0.138. The van der Waals surface area contributed by atoms with Gasteiger partial charge in [-0.25, -0.2) is 23.8 Å². The Hall–Kier alpha value is -3.11. The minimum atomic E-state index is -3.35. The number of aliphatic imine (C=N–C) groups is 2. The van der Waals surface area contributed by atoms with Gasteiger partial charge in [-0.3, -0.25) is 5.41 Å². The first-order chi connectivity index (χ1) is 14.6. The van der Waals surface area contributed by atoms with Gasteiger partial charge in [-0.15, -0.1) is 16.4 Å². The Morgan fingerprint density at radius 3 is 2.48 bits per heavy atom. The van der Waals surface area contributed by atoms with E-state index in [1.54, 1.807) is 45.0 Å². The van der Waals surface area contributed by atoms with E-state index in [2.05, 4.69) is 27.2 Å². The molecular formula is C21H23N5O3S2. The summed E-state index contributed by atoms with van der Waals surface area (Å²) in [5.74, 6) is 0.395. The van der Waals surface area contributed by atoms with Gasteiger partial charge in [0, 0.05) is 5.71 Å². The first-order valence-corrected chi connectivity index (χ1v) is 11.8. The summed E-state index contributed by atoms with van der Waals surface area (Å²) in [6.07, 6.45) is 0. The van der Waals surface area contributed by atoms with Gasteiger partial charge in [0.25, 0.3) is 5.90 Å². The summed E-state index contributed by atoms with van der Waals surface area (Å²) in [6, 6.07) is 8.44. The quantitative estimate of drug-likeness (QED) is 0.506. The molecule has 1 aliphatic rings. The van der Waals surface area contributed by atoms with E-state index in [0.717, 1.165) is 10.4 Å². The van der Waals surface area contributed by atoms with Gasteiger partial charge in [0.15, 0.2) is 21.4 Å². The number of hydrogen-bond acceptors (Lipinski definition) is 8. The van der Waals surface area contributed by atoms with Crippen molar-refractivity contribution in [1.29, 1.82) is 5.41 Å². The normalized spacial score (nSPS) is 15.9. The van der Waals surface area contributed by atoms with E-state index in [-0.39, 0.29) is 22.3 Å². The summed E-state index contributed by atoms with van der Waals surface area (Å²) in [5, 5.41) is 13.8. The molecule has 0 radical (unpaired) electrons. The zero-order chi connectivity index (χ0) is 22.8. The standard InChI is InChI=1S/C21H23N5O3S2/c1-12(2)31(27,28)16-8-6-15(7-9-16)14(4)24-17(19(22)23-5)20-25-26-21(29-20)18-13(3)10-11-30-18/h6-12,22,25H,5H2,1-4H3. The number of thiophene rings is 1. The third-order valence-electron chi connectivity index (χ3n) is 4.61. The van der Waals surface area contributed by atoms with Crippen LogP contribution in [0.2, 0.25) is 0 Å². The summed E-state index contributed by atoms with van der Waals surface area (Å²) >= 11 is 1.50. The molecule has 0 fully saturated rings. The lowest BCUT2D eigenvalue weighted by Crippen LogP contribution is -2.14. The van der Waals surface area contributed by atoms with Crippen molar-refractivity contribution >= 4 is 45.3 Å². The molecule has 2 aromatic rings. The molecule has 8 nitrogen and oxygen atoms in total. The average Bonchev–Trinajstić information content (AvgIpc) is 3.40. The predicted octanol–water partition coefficient (Wildman–Crippen LogP) is 3.88. The summed E-state index contributed by atoms with van der Waals surface area (Å²) in [4.78, 5) is 9.30. The van der Waals surface area contributed by atoms with E-state index in [4.69, 9.17) is 10.1 Å². The topological polar surface area (TPSA) is 116 Å². The molecule has 10 heteroatoms. The molecule has 3 rings (SSSR count). The first-order valence-electron chi connectivity index (χ1n) is 9.40. The van der Waals surface area contributed by atoms with Crippen LogP contribution in [0.5, 0.6) is 0 Å². The second-order valence-electron chi connectivity index (χ2n) is 7.06. The maximum Gasteiger partial charge on any atom is 0.255 e. The SMILES string of the molecule is C=NC(=N)C(N=C(C)c1ccc(S(=O)(=O)C(C)C)cc1)=C1NN=C(c2sccc2C)O1. The molecule has 0 saturated carbocycles. The monoisotopic (exact) mass is 457 g/mol. The number of amidine groups is 1. The number of nitrogens with zero attached hydrogens (tertiary/aromatic N) is 3. The number of nitrogens with one attached hydrogen (secondary N) is 2. The highest BCUT2D eigenvalue weighted by atomic mass is 32.2. The van der Waals surface area contributed by atoms with Crippen LogP contribution in [0.4, 0.5) is 0 Å². The number of benzene rings is 1. The molecule has 0 spiro atoms. The predicted molar refractivity (Wildman–Crippen MR) is 125 cm³/mol. The fourth-order valence-corrected chi connectivity index (χ4v) is 4.62. The summed E-state index contributed by atoms with van der Waals surface area (Å²) in [7, 11) is -3.35. The zero-order valence-electron chi connectivity index (χ0n) is 17.6. The number of rotatable bonds is 6. The number of hydrogen-bond donors (Lipinski definition) is 2. The first kappa shape index (κ1) is 22.6. The van der Waals surface area contributed by atoms with Gasteiger partial charge in [0.2, 0.25) is 5.88 Å². The summed E-state index contributed by atoms with van der Waals surface area (Å²) in [6.45, 7) is 10.4. The molecule has 1 aromatic carbocycles. The molecular weight excluding hydrogens is 434 g/mol. The molecule has 0 atom stereocenters. The second kappa shape index (κ2) is 8.94. The smallest absolute Gasteiger partial charge is 0.255 e. The number of aryl methyl sites for hydroxylation is 1. The number of ether oxygens (including phenoxy) is 1. The van der Waals surface area contributed by atoms with Gasteiger partial charge in [-0.1, -0.05) is 12.1 Å². The maximum absolute atomic E-state index is 12.3. The fraction of sp³-hybridized carbons (Fsp3) is 0.238. The van der Waals surface area contributed by atoms with Crippen molar-refractivity contribution in [2.75, 3.05) is 0 Å². The molecule has 0 amide bonds. The molecule has 0 unspecified atom stereocenters. The fourth-order valence-electron chi connectivity index (χ4n) is 2.71. The molecule has 162 valence electrons. The van der Waals surface area contributed by atoms with E-state index >= 15 is 0 Å². The van der Waals surface area contributed by atoms with Crippen molar-refractivity contribution in [3.63, 3.8) is 0 Å². The Labute approximate surface area is 185 Å². The molecule has 31 heavy (non-hydrogen) atoms.